The summed E-state index contributed by atoms with van der Waals surface area (Å²) >= 11 is 0. The third-order valence-electron chi connectivity index (χ3n) is 3.00. The molecule has 1 aliphatic heterocycles. The monoisotopic (exact) mass is 239 g/mol. The predicted molar refractivity (Wildman–Crippen MR) is 63.3 cm³/mol. The SMILES string of the molecule is C[C@@H](CNC1(C)COC1)n1c(=O)cc[nH]c1=O. The molecular formula is C11H17N3O3. The number of H-pyrrole nitrogens is 1. The molecule has 0 aromatic carbocycles. The summed E-state index contributed by atoms with van der Waals surface area (Å²) in [6.45, 7) is 5.79. The molecule has 1 atom stereocenters. The topological polar surface area (TPSA) is 76.1 Å². The molecule has 1 aromatic rings. The average molecular weight is 239 g/mol. The molecule has 0 saturated carbocycles. The minimum Gasteiger partial charge on any atom is -0.377 e. The van der Waals surface area contributed by atoms with Crippen molar-refractivity contribution in [1.29, 1.82) is 0 Å². The molecule has 1 aromatic heterocycles. The average Bonchev–Trinajstić information content (AvgIpc) is 2.23. The van der Waals surface area contributed by atoms with Gasteiger partial charge in [0.05, 0.1) is 24.8 Å². The van der Waals surface area contributed by atoms with Gasteiger partial charge in [-0.2, -0.15) is 0 Å². The lowest BCUT2D eigenvalue weighted by atomic mass is 10.0. The van der Waals surface area contributed by atoms with Crippen LogP contribution in [0.25, 0.3) is 0 Å². The lowest BCUT2D eigenvalue weighted by Crippen LogP contribution is -2.59. The molecule has 94 valence electrons. The van der Waals surface area contributed by atoms with Crippen molar-refractivity contribution in [2.75, 3.05) is 19.8 Å². The van der Waals surface area contributed by atoms with Crippen molar-refractivity contribution in [3.63, 3.8) is 0 Å². The normalized spacial score (nSPS) is 19.6. The van der Waals surface area contributed by atoms with Gasteiger partial charge in [0.2, 0.25) is 0 Å². The summed E-state index contributed by atoms with van der Waals surface area (Å²) in [5.74, 6) is 0. The first-order valence-electron chi connectivity index (χ1n) is 5.65. The van der Waals surface area contributed by atoms with Crippen LogP contribution in [0.3, 0.4) is 0 Å². The van der Waals surface area contributed by atoms with E-state index in [9.17, 15) is 9.59 Å². The molecule has 0 aliphatic carbocycles. The third-order valence-corrected chi connectivity index (χ3v) is 3.00. The molecule has 17 heavy (non-hydrogen) atoms. The number of hydrogen-bond acceptors (Lipinski definition) is 4. The number of aromatic amines is 1. The van der Waals surface area contributed by atoms with Crippen LogP contribution in [0, 0.1) is 0 Å². The van der Waals surface area contributed by atoms with E-state index < -0.39 is 0 Å². The van der Waals surface area contributed by atoms with Crippen molar-refractivity contribution < 1.29 is 4.74 Å². The second kappa shape index (κ2) is 4.46. The Hall–Kier alpha value is -1.40. The Morgan fingerprint density at radius 2 is 2.29 bits per heavy atom. The van der Waals surface area contributed by atoms with E-state index in [4.69, 9.17) is 4.74 Å². The van der Waals surface area contributed by atoms with Crippen LogP contribution < -0.4 is 16.6 Å². The van der Waals surface area contributed by atoms with Crippen LogP contribution in [0.2, 0.25) is 0 Å². The van der Waals surface area contributed by atoms with Crippen molar-refractivity contribution in [2.24, 2.45) is 0 Å². The Morgan fingerprint density at radius 3 is 2.82 bits per heavy atom. The van der Waals surface area contributed by atoms with E-state index >= 15 is 0 Å². The minimum absolute atomic E-state index is 0.0284. The van der Waals surface area contributed by atoms with Gasteiger partial charge in [0, 0.05) is 18.8 Å². The van der Waals surface area contributed by atoms with Crippen LogP contribution in [0.1, 0.15) is 19.9 Å². The molecule has 0 unspecified atom stereocenters. The van der Waals surface area contributed by atoms with Gasteiger partial charge in [0.15, 0.2) is 0 Å². The third kappa shape index (κ3) is 2.48. The highest BCUT2D eigenvalue weighted by Crippen LogP contribution is 2.15. The smallest absolute Gasteiger partial charge is 0.328 e. The first kappa shape index (κ1) is 12.1. The van der Waals surface area contributed by atoms with Crippen LogP contribution in [0.15, 0.2) is 21.9 Å². The second-order valence-corrected chi connectivity index (χ2v) is 4.77. The Balaban J connectivity index is 2.07. The predicted octanol–water partition coefficient (Wildman–Crippen LogP) is -0.524. The molecule has 6 nitrogen and oxygen atoms in total. The molecule has 0 radical (unpaired) electrons. The summed E-state index contributed by atoms with van der Waals surface area (Å²) in [7, 11) is 0. The fourth-order valence-electron chi connectivity index (χ4n) is 1.85. The standard InChI is InChI=1S/C11H17N3O3/c1-8(5-13-11(2)6-17-7-11)14-9(15)3-4-12-10(14)16/h3-4,8,13H,5-7H2,1-2H3,(H,12,16)/t8-/m0/s1. The van der Waals surface area contributed by atoms with Crippen LogP contribution in [0.4, 0.5) is 0 Å². The minimum atomic E-state index is -0.373. The van der Waals surface area contributed by atoms with Crippen molar-refractivity contribution in [2.45, 2.75) is 25.4 Å². The Bertz CT molecular complexity index is 473. The van der Waals surface area contributed by atoms with Gasteiger partial charge in [0.1, 0.15) is 0 Å². The molecule has 0 bridgehead atoms. The van der Waals surface area contributed by atoms with Gasteiger partial charge in [-0.3, -0.25) is 9.36 Å². The molecule has 2 heterocycles. The lowest BCUT2D eigenvalue weighted by Gasteiger charge is -2.39. The van der Waals surface area contributed by atoms with Crippen LogP contribution in [-0.2, 0) is 4.74 Å². The molecule has 2 rings (SSSR count). The zero-order valence-electron chi connectivity index (χ0n) is 10.0. The number of ether oxygens (including phenoxy) is 1. The Morgan fingerprint density at radius 1 is 1.59 bits per heavy atom. The van der Waals surface area contributed by atoms with Crippen LogP contribution in [0.5, 0.6) is 0 Å². The van der Waals surface area contributed by atoms with E-state index in [-0.39, 0.29) is 22.8 Å². The van der Waals surface area contributed by atoms with Crippen molar-refractivity contribution in [3.8, 4) is 0 Å². The molecule has 1 saturated heterocycles. The fraction of sp³-hybridized carbons (Fsp3) is 0.636. The molecule has 1 fully saturated rings. The second-order valence-electron chi connectivity index (χ2n) is 4.77. The van der Waals surface area contributed by atoms with Gasteiger partial charge in [-0.15, -0.1) is 0 Å². The van der Waals surface area contributed by atoms with E-state index in [2.05, 4.69) is 17.2 Å². The fourth-order valence-corrected chi connectivity index (χ4v) is 1.85. The summed E-state index contributed by atoms with van der Waals surface area (Å²) in [6, 6.07) is 1.16. The maximum absolute atomic E-state index is 11.6. The first-order chi connectivity index (χ1) is 8.02. The van der Waals surface area contributed by atoms with Gasteiger partial charge in [-0.25, -0.2) is 4.79 Å². The summed E-state index contributed by atoms with van der Waals surface area (Å²) < 4.78 is 6.34. The van der Waals surface area contributed by atoms with Gasteiger partial charge < -0.3 is 15.0 Å². The molecule has 1 aliphatic rings. The molecular weight excluding hydrogens is 222 g/mol. The largest absolute Gasteiger partial charge is 0.377 e. The summed E-state index contributed by atoms with van der Waals surface area (Å²) in [6.07, 6.45) is 1.36. The number of hydrogen-bond donors (Lipinski definition) is 2. The van der Waals surface area contributed by atoms with Gasteiger partial charge in [-0.1, -0.05) is 0 Å². The van der Waals surface area contributed by atoms with Gasteiger partial charge in [-0.05, 0) is 13.8 Å². The van der Waals surface area contributed by atoms with E-state index in [0.29, 0.717) is 19.8 Å². The highest BCUT2D eigenvalue weighted by atomic mass is 16.5. The molecule has 2 N–H and O–H groups in total. The Labute approximate surface area is 98.6 Å². The van der Waals surface area contributed by atoms with Crippen LogP contribution in [-0.4, -0.2) is 34.8 Å². The number of nitrogens with zero attached hydrogens (tertiary/aromatic N) is 1. The lowest BCUT2D eigenvalue weighted by molar-refractivity contribution is -0.0650. The van der Waals surface area contributed by atoms with E-state index in [1.807, 2.05) is 6.92 Å². The quantitative estimate of drug-likeness (QED) is 0.741. The molecule has 0 amide bonds. The zero-order valence-corrected chi connectivity index (χ0v) is 10.0. The molecule has 0 spiro atoms. The summed E-state index contributed by atoms with van der Waals surface area (Å²) in [4.78, 5) is 25.6. The van der Waals surface area contributed by atoms with E-state index in [0.717, 1.165) is 0 Å². The van der Waals surface area contributed by atoms with Crippen molar-refractivity contribution >= 4 is 0 Å². The highest BCUT2D eigenvalue weighted by Gasteiger charge is 2.33. The summed E-state index contributed by atoms with van der Waals surface area (Å²) in [5.41, 5.74) is -0.681. The van der Waals surface area contributed by atoms with Crippen LogP contribution >= 0.6 is 0 Å². The van der Waals surface area contributed by atoms with Gasteiger partial charge >= 0.3 is 5.69 Å². The number of nitrogens with one attached hydrogen (secondary N) is 2. The summed E-state index contributed by atoms with van der Waals surface area (Å²) in [5, 5.41) is 3.31. The highest BCUT2D eigenvalue weighted by molar-refractivity contribution is 4.91. The number of rotatable bonds is 4. The van der Waals surface area contributed by atoms with E-state index in [1.54, 1.807) is 0 Å². The zero-order chi connectivity index (χ0) is 12.5. The maximum Gasteiger partial charge on any atom is 0.328 e. The van der Waals surface area contributed by atoms with Gasteiger partial charge in [0.25, 0.3) is 5.56 Å². The maximum atomic E-state index is 11.6. The molecule has 6 heteroatoms. The number of aromatic nitrogens is 2. The Kier molecular flexibility index (Phi) is 3.17. The van der Waals surface area contributed by atoms with Crippen molar-refractivity contribution in [1.82, 2.24) is 14.9 Å². The first-order valence-corrected chi connectivity index (χ1v) is 5.65. The van der Waals surface area contributed by atoms with E-state index in [1.165, 1.54) is 16.8 Å². The van der Waals surface area contributed by atoms with Crippen molar-refractivity contribution in [3.05, 3.63) is 33.1 Å².